The van der Waals surface area contributed by atoms with E-state index in [1.165, 1.54) is 0 Å². The van der Waals surface area contributed by atoms with Crippen molar-refractivity contribution in [2.75, 3.05) is 11.1 Å². The quantitative estimate of drug-likeness (QED) is 0.764. The van der Waals surface area contributed by atoms with Gasteiger partial charge in [0.25, 0.3) is 0 Å². The van der Waals surface area contributed by atoms with Gasteiger partial charge in [0.05, 0.1) is 6.10 Å². The number of carbonyl (C=O) groups excluding carboxylic acids is 1. The van der Waals surface area contributed by atoms with Crippen molar-refractivity contribution in [3.63, 3.8) is 0 Å². The summed E-state index contributed by atoms with van der Waals surface area (Å²) in [6.45, 7) is 4.09. The van der Waals surface area contributed by atoms with Crippen molar-refractivity contribution in [3.8, 4) is 5.75 Å². The van der Waals surface area contributed by atoms with Gasteiger partial charge in [-0.1, -0.05) is 13.0 Å². The van der Waals surface area contributed by atoms with E-state index in [1.807, 2.05) is 31.2 Å². The van der Waals surface area contributed by atoms with E-state index in [1.54, 1.807) is 0 Å². The van der Waals surface area contributed by atoms with Crippen LogP contribution in [-0.2, 0) is 4.79 Å². The Hall–Kier alpha value is -1.16. The molecule has 94 valence electrons. The van der Waals surface area contributed by atoms with Gasteiger partial charge in [-0.3, -0.25) is 4.79 Å². The fraction of sp³-hybridized carbons (Fsp3) is 0.462. The summed E-state index contributed by atoms with van der Waals surface area (Å²) in [5.41, 5.74) is 0.762. The highest BCUT2D eigenvalue weighted by molar-refractivity contribution is 7.80. The van der Waals surface area contributed by atoms with E-state index in [0.717, 1.165) is 17.9 Å². The lowest BCUT2D eigenvalue weighted by molar-refractivity contribution is -0.115. The molecule has 3 nitrogen and oxygen atoms in total. The Morgan fingerprint density at radius 3 is 2.94 bits per heavy atom. The Balaban J connectivity index is 2.62. The van der Waals surface area contributed by atoms with Gasteiger partial charge >= 0.3 is 0 Å². The third-order valence-corrected chi connectivity index (χ3v) is 2.59. The van der Waals surface area contributed by atoms with Crippen molar-refractivity contribution in [2.45, 2.75) is 32.8 Å². The minimum absolute atomic E-state index is 0.0271. The minimum Gasteiger partial charge on any atom is -0.491 e. The standard InChI is InChI=1S/C13H19NO2S/c1-3-10(2)16-12-6-4-5-11(9-12)14-13(15)7-8-17/h4-6,9-10,17H,3,7-8H2,1-2H3,(H,14,15). The smallest absolute Gasteiger partial charge is 0.225 e. The van der Waals surface area contributed by atoms with Gasteiger partial charge in [0.2, 0.25) is 5.91 Å². The summed E-state index contributed by atoms with van der Waals surface area (Å²) in [7, 11) is 0. The molecule has 0 radical (unpaired) electrons. The van der Waals surface area contributed by atoms with E-state index in [2.05, 4.69) is 24.9 Å². The lowest BCUT2D eigenvalue weighted by Gasteiger charge is -2.13. The third-order valence-electron chi connectivity index (χ3n) is 2.37. The molecule has 0 aliphatic heterocycles. The van der Waals surface area contributed by atoms with Crippen LogP contribution in [0.5, 0.6) is 5.75 Å². The second-order valence-corrected chi connectivity index (χ2v) is 4.33. The average Bonchev–Trinajstić information content (AvgIpc) is 2.29. The van der Waals surface area contributed by atoms with Crippen LogP contribution in [0, 0.1) is 0 Å². The molecule has 0 fully saturated rings. The summed E-state index contributed by atoms with van der Waals surface area (Å²) in [6.07, 6.45) is 1.55. The van der Waals surface area contributed by atoms with Crippen molar-refractivity contribution >= 4 is 24.2 Å². The molecule has 0 spiro atoms. The number of thiol groups is 1. The van der Waals surface area contributed by atoms with Gasteiger partial charge < -0.3 is 10.1 Å². The van der Waals surface area contributed by atoms with Gasteiger partial charge in [0.15, 0.2) is 0 Å². The van der Waals surface area contributed by atoms with Crippen LogP contribution in [0.3, 0.4) is 0 Å². The van der Waals surface area contributed by atoms with Gasteiger partial charge in [-0.2, -0.15) is 12.6 Å². The monoisotopic (exact) mass is 253 g/mol. The van der Waals surface area contributed by atoms with Crippen molar-refractivity contribution in [3.05, 3.63) is 24.3 Å². The maximum atomic E-state index is 11.4. The van der Waals surface area contributed by atoms with E-state index in [0.29, 0.717) is 12.2 Å². The van der Waals surface area contributed by atoms with Gasteiger partial charge in [-0.15, -0.1) is 0 Å². The lowest BCUT2D eigenvalue weighted by Crippen LogP contribution is -2.12. The van der Waals surface area contributed by atoms with Crippen molar-refractivity contribution < 1.29 is 9.53 Å². The molecule has 0 bridgehead atoms. The Kier molecular flexibility index (Phi) is 5.91. The minimum atomic E-state index is -0.0271. The van der Waals surface area contributed by atoms with Crippen LogP contribution >= 0.6 is 12.6 Å². The summed E-state index contributed by atoms with van der Waals surface area (Å²) in [5.74, 6) is 1.30. The Bertz CT molecular complexity index is 368. The SMILES string of the molecule is CCC(C)Oc1cccc(NC(=O)CCS)c1. The van der Waals surface area contributed by atoms with E-state index in [4.69, 9.17) is 4.74 Å². The molecule has 1 aromatic rings. The zero-order valence-electron chi connectivity index (χ0n) is 10.3. The predicted molar refractivity (Wildman–Crippen MR) is 73.9 cm³/mol. The molecule has 1 amide bonds. The number of hydrogen-bond acceptors (Lipinski definition) is 3. The van der Waals surface area contributed by atoms with Crippen LogP contribution < -0.4 is 10.1 Å². The molecule has 1 unspecified atom stereocenters. The average molecular weight is 253 g/mol. The maximum absolute atomic E-state index is 11.4. The van der Waals surface area contributed by atoms with Crippen LogP contribution in [0.15, 0.2) is 24.3 Å². The number of carbonyl (C=O) groups is 1. The second-order valence-electron chi connectivity index (χ2n) is 3.89. The number of amides is 1. The molecular weight excluding hydrogens is 234 g/mol. The van der Waals surface area contributed by atoms with Crippen LogP contribution in [0.1, 0.15) is 26.7 Å². The third kappa shape index (κ3) is 5.13. The maximum Gasteiger partial charge on any atom is 0.225 e. The Labute approximate surface area is 108 Å². The summed E-state index contributed by atoms with van der Waals surface area (Å²) in [5, 5.41) is 2.81. The topological polar surface area (TPSA) is 38.3 Å². The largest absolute Gasteiger partial charge is 0.491 e. The Morgan fingerprint density at radius 2 is 2.29 bits per heavy atom. The second kappa shape index (κ2) is 7.22. The molecule has 1 atom stereocenters. The number of ether oxygens (including phenoxy) is 1. The zero-order valence-corrected chi connectivity index (χ0v) is 11.2. The highest BCUT2D eigenvalue weighted by Crippen LogP contribution is 2.19. The molecule has 1 rings (SSSR count). The Morgan fingerprint density at radius 1 is 1.53 bits per heavy atom. The van der Waals surface area contributed by atoms with Crippen molar-refractivity contribution in [2.24, 2.45) is 0 Å². The van der Waals surface area contributed by atoms with Gasteiger partial charge in [0.1, 0.15) is 5.75 Å². The highest BCUT2D eigenvalue weighted by atomic mass is 32.1. The van der Waals surface area contributed by atoms with E-state index in [9.17, 15) is 4.79 Å². The van der Waals surface area contributed by atoms with Crippen LogP contribution in [0.4, 0.5) is 5.69 Å². The van der Waals surface area contributed by atoms with Gasteiger partial charge in [-0.05, 0) is 31.2 Å². The number of benzene rings is 1. The summed E-state index contributed by atoms with van der Waals surface area (Å²) < 4.78 is 5.68. The molecule has 1 aromatic carbocycles. The number of anilines is 1. The summed E-state index contributed by atoms with van der Waals surface area (Å²) >= 11 is 4.02. The molecule has 4 heteroatoms. The van der Waals surface area contributed by atoms with Crippen LogP contribution in [0.25, 0.3) is 0 Å². The van der Waals surface area contributed by atoms with Gasteiger partial charge in [-0.25, -0.2) is 0 Å². The first-order valence-electron chi connectivity index (χ1n) is 5.83. The first-order valence-corrected chi connectivity index (χ1v) is 6.46. The number of hydrogen-bond donors (Lipinski definition) is 2. The predicted octanol–water partition coefficient (Wildman–Crippen LogP) is 3.12. The van der Waals surface area contributed by atoms with E-state index in [-0.39, 0.29) is 12.0 Å². The number of rotatable bonds is 6. The zero-order chi connectivity index (χ0) is 12.7. The molecule has 0 aliphatic rings. The molecule has 0 aromatic heterocycles. The summed E-state index contributed by atoms with van der Waals surface area (Å²) in [4.78, 5) is 11.4. The fourth-order valence-corrected chi connectivity index (χ4v) is 1.49. The molecule has 0 saturated heterocycles. The molecule has 0 saturated carbocycles. The van der Waals surface area contributed by atoms with Crippen LogP contribution in [-0.4, -0.2) is 17.8 Å². The van der Waals surface area contributed by atoms with Crippen molar-refractivity contribution in [1.29, 1.82) is 0 Å². The molecule has 0 heterocycles. The number of nitrogens with one attached hydrogen (secondary N) is 1. The van der Waals surface area contributed by atoms with Crippen molar-refractivity contribution in [1.82, 2.24) is 0 Å². The van der Waals surface area contributed by atoms with E-state index >= 15 is 0 Å². The highest BCUT2D eigenvalue weighted by Gasteiger charge is 2.04. The summed E-state index contributed by atoms with van der Waals surface area (Å²) in [6, 6.07) is 7.44. The first-order chi connectivity index (χ1) is 8.15. The molecule has 1 N–H and O–H groups in total. The van der Waals surface area contributed by atoms with Crippen LogP contribution in [0.2, 0.25) is 0 Å². The molecular formula is C13H19NO2S. The first kappa shape index (κ1) is 13.9. The van der Waals surface area contributed by atoms with Gasteiger partial charge in [0, 0.05) is 18.2 Å². The lowest BCUT2D eigenvalue weighted by atomic mass is 10.2. The van der Waals surface area contributed by atoms with E-state index < -0.39 is 0 Å². The molecule has 17 heavy (non-hydrogen) atoms. The molecule has 0 aliphatic carbocycles. The fourth-order valence-electron chi connectivity index (χ4n) is 1.29. The normalized spacial score (nSPS) is 11.9.